The third-order valence-electron chi connectivity index (χ3n) is 4.97. The summed E-state index contributed by atoms with van der Waals surface area (Å²) in [6, 6.07) is 15.2. The molecule has 5 nitrogen and oxygen atoms in total. The zero-order chi connectivity index (χ0) is 26.8. The summed E-state index contributed by atoms with van der Waals surface area (Å²) >= 11 is 0.820. The van der Waals surface area contributed by atoms with Gasteiger partial charge in [-0.05, 0) is 42.5 Å². The summed E-state index contributed by atoms with van der Waals surface area (Å²) in [4.78, 5) is 12.5. The molecule has 0 spiro atoms. The van der Waals surface area contributed by atoms with Crippen LogP contribution in [0.1, 0.15) is 11.1 Å². The Balaban J connectivity index is 1.60. The Morgan fingerprint density at radius 2 is 1.43 bits per heavy atom. The Labute approximate surface area is 209 Å². The molecule has 0 saturated carbocycles. The molecule has 0 saturated heterocycles. The van der Waals surface area contributed by atoms with Crippen LogP contribution in [-0.2, 0) is 17.1 Å². The number of thioether (sulfide) groups is 1. The minimum absolute atomic E-state index is 0.0308. The molecule has 37 heavy (non-hydrogen) atoms. The summed E-state index contributed by atoms with van der Waals surface area (Å²) in [5.74, 6) is -1.74. The van der Waals surface area contributed by atoms with E-state index in [0.717, 1.165) is 11.8 Å². The summed E-state index contributed by atoms with van der Waals surface area (Å²) in [5.41, 5.74) is -3.09. The first-order valence-corrected chi connectivity index (χ1v) is 11.4. The predicted octanol–water partition coefficient (Wildman–Crippen LogP) is 6.84. The lowest BCUT2D eigenvalue weighted by atomic mass is 10.1. The lowest BCUT2D eigenvalue weighted by molar-refractivity contribution is -0.143. The van der Waals surface area contributed by atoms with Crippen molar-refractivity contribution in [2.45, 2.75) is 17.5 Å². The van der Waals surface area contributed by atoms with Crippen LogP contribution in [0.4, 0.5) is 36.4 Å². The maximum absolute atomic E-state index is 14.5. The standard InChI is InChI=1S/C24H15F7N4OS/c25-19-9-5-4-8-18(19)21-33-34-22(35(21)17-6-2-1-3-7-17)37-13-20(36)32-16-11-14(23(26,27)28)10-15(12-16)24(29,30)31/h1-12H,13H2,(H,32,36). The molecule has 13 heteroatoms. The molecular formula is C24H15F7N4OS. The van der Waals surface area contributed by atoms with E-state index in [4.69, 9.17) is 0 Å². The number of amides is 1. The van der Waals surface area contributed by atoms with Crippen LogP contribution in [0.25, 0.3) is 17.1 Å². The number of benzene rings is 3. The number of alkyl halides is 6. The van der Waals surface area contributed by atoms with Crippen LogP contribution in [0, 0.1) is 5.82 Å². The molecule has 0 bridgehead atoms. The molecule has 192 valence electrons. The van der Waals surface area contributed by atoms with E-state index < -0.39 is 46.6 Å². The first-order chi connectivity index (χ1) is 17.4. The van der Waals surface area contributed by atoms with Gasteiger partial charge in [-0.3, -0.25) is 9.36 Å². The molecule has 0 atom stereocenters. The monoisotopic (exact) mass is 540 g/mol. The lowest BCUT2D eigenvalue weighted by Gasteiger charge is -2.15. The summed E-state index contributed by atoms with van der Waals surface area (Å²) in [6.45, 7) is 0. The maximum atomic E-state index is 14.5. The molecule has 0 radical (unpaired) electrons. The van der Waals surface area contributed by atoms with Crippen molar-refractivity contribution in [2.75, 3.05) is 11.1 Å². The van der Waals surface area contributed by atoms with Crippen molar-refractivity contribution in [3.8, 4) is 17.1 Å². The second kappa shape index (κ2) is 10.2. The molecule has 0 aliphatic carbocycles. The fourth-order valence-electron chi connectivity index (χ4n) is 3.34. The zero-order valence-corrected chi connectivity index (χ0v) is 19.3. The Morgan fingerprint density at radius 3 is 2.03 bits per heavy atom. The van der Waals surface area contributed by atoms with Crippen molar-refractivity contribution in [2.24, 2.45) is 0 Å². The van der Waals surface area contributed by atoms with Gasteiger partial charge in [-0.1, -0.05) is 42.1 Å². The second-order valence-corrected chi connectivity index (χ2v) is 8.53. The highest BCUT2D eigenvalue weighted by Gasteiger charge is 2.37. The van der Waals surface area contributed by atoms with Crippen LogP contribution in [0.15, 0.2) is 78.0 Å². The largest absolute Gasteiger partial charge is 0.416 e. The Hall–Kier alpha value is -3.87. The van der Waals surface area contributed by atoms with Crippen molar-refractivity contribution >= 4 is 23.4 Å². The highest BCUT2D eigenvalue weighted by Crippen LogP contribution is 2.37. The number of anilines is 1. The number of hydrogen-bond donors (Lipinski definition) is 1. The number of rotatable bonds is 6. The van der Waals surface area contributed by atoms with Crippen LogP contribution in [0.2, 0.25) is 0 Å². The van der Waals surface area contributed by atoms with E-state index in [-0.39, 0.29) is 22.6 Å². The van der Waals surface area contributed by atoms with E-state index in [0.29, 0.717) is 17.8 Å². The normalized spacial score (nSPS) is 12.0. The second-order valence-electron chi connectivity index (χ2n) is 7.59. The van der Waals surface area contributed by atoms with Crippen molar-refractivity contribution in [3.05, 3.63) is 89.7 Å². The molecule has 0 aliphatic rings. The molecule has 0 aliphatic heterocycles. The van der Waals surface area contributed by atoms with Gasteiger partial charge in [0.2, 0.25) is 5.91 Å². The van der Waals surface area contributed by atoms with Crippen molar-refractivity contribution < 1.29 is 35.5 Å². The third-order valence-corrected chi connectivity index (χ3v) is 5.90. The van der Waals surface area contributed by atoms with Crippen molar-refractivity contribution in [1.29, 1.82) is 0 Å². The van der Waals surface area contributed by atoms with Gasteiger partial charge in [0.1, 0.15) is 5.82 Å². The fourth-order valence-corrected chi connectivity index (χ4v) is 4.10. The molecule has 1 N–H and O–H groups in total. The smallest absolute Gasteiger partial charge is 0.325 e. The Morgan fingerprint density at radius 1 is 0.838 bits per heavy atom. The Bertz CT molecular complexity index is 1390. The van der Waals surface area contributed by atoms with Crippen LogP contribution in [-0.4, -0.2) is 26.4 Å². The number of para-hydroxylation sites is 1. The molecule has 1 aromatic heterocycles. The van der Waals surface area contributed by atoms with Gasteiger partial charge in [0.25, 0.3) is 0 Å². The van der Waals surface area contributed by atoms with Crippen LogP contribution in [0.5, 0.6) is 0 Å². The molecule has 1 amide bonds. The van der Waals surface area contributed by atoms with E-state index >= 15 is 0 Å². The molecule has 3 aromatic carbocycles. The van der Waals surface area contributed by atoms with Crippen LogP contribution in [0.3, 0.4) is 0 Å². The minimum atomic E-state index is -5.05. The highest BCUT2D eigenvalue weighted by molar-refractivity contribution is 7.99. The summed E-state index contributed by atoms with van der Waals surface area (Å²) in [7, 11) is 0. The molecule has 0 fully saturated rings. The van der Waals surface area contributed by atoms with E-state index in [1.54, 1.807) is 36.4 Å². The number of carbonyl (C=O) groups is 1. The van der Waals surface area contributed by atoms with Gasteiger partial charge in [-0.15, -0.1) is 10.2 Å². The van der Waals surface area contributed by atoms with Gasteiger partial charge < -0.3 is 5.32 Å². The number of nitrogens with one attached hydrogen (secondary N) is 1. The summed E-state index contributed by atoms with van der Waals surface area (Å²) in [6.07, 6.45) is -10.1. The first-order valence-electron chi connectivity index (χ1n) is 10.4. The minimum Gasteiger partial charge on any atom is -0.325 e. The number of hydrogen-bond acceptors (Lipinski definition) is 4. The van der Waals surface area contributed by atoms with E-state index in [2.05, 4.69) is 15.5 Å². The number of carbonyl (C=O) groups excluding carboxylic acids is 1. The molecule has 4 rings (SSSR count). The average molecular weight is 540 g/mol. The molecular weight excluding hydrogens is 525 g/mol. The van der Waals surface area contributed by atoms with Crippen molar-refractivity contribution in [1.82, 2.24) is 14.8 Å². The lowest BCUT2D eigenvalue weighted by Crippen LogP contribution is -2.17. The van der Waals surface area contributed by atoms with E-state index in [1.807, 2.05) is 0 Å². The number of nitrogens with zero attached hydrogens (tertiary/aromatic N) is 3. The van der Waals surface area contributed by atoms with Gasteiger partial charge in [-0.25, -0.2) is 4.39 Å². The first kappa shape index (κ1) is 26.2. The van der Waals surface area contributed by atoms with Crippen molar-refractivity contribution in [3.63, 3.8) is 0 Å². The topological polar surface area (TPSA) is 59.8 Å². The molecule has 4 aromatic rings. The van der Waals surface area contributed by atoms with Gasteiger partial charge >= 0.3 is 12.4 Å². The average Bonchev–Trinajstić information content (AvgIpc) is 3.26. The van der Waals surface area contributed by atoms with Gasteiger partial charge in [0, 0.05) is 11.4 Å². The fraction of sp³-hybridized carbons (Fsp3) is 0.125. The van der Waals surface area contributed by atoms with E-state index in [1.165, 1.54) is 22.8 Å². The van der Waals surface area contributed by atoms with E-state index in [9.17, 15) is 35.5 Å². The molecule has 0 unspecified atom stereocenters. The SMILES string of the molecule is O=C(CSc1nnc(-c2ccccc2F)n1-c1ccccc1)Nc1cc(C(F)(F)F)cc(C(F)(F)F)c1. The van der Waals surface area contributed by atoms with Crippen LogP contribution < -0.4 is 5.32 Å². The molecule has 1 heterocycles. The maximum Gasteiger partial charge on any atom is 0.416 e. The van der Waals surface area contributed by atoms with Crippen LogP contribution >= 0.6 is 11.8 Å². The summed E-state index contributed by atoms with van der Waals surface area (Å²) in [5, 5.41) is 10.3. The number of aromatic nitrogens is 3. The Kier molecular flexibility index (Phi) is 7.25. The van der Waals surface area contributed by atoms with Gasteiger partial charge in [-0.2, -0.15) is 26.3 Å². The zero-order valence-electron chi connectivity index (χ0n) is 18.4. The predicted molar refractivity (Wildman–Crippen MR) is 123 cm³/mol. The van der Waals surface area contributed by atoms with Gasteiger partial charge in [0.05, 0.1) is 22.4 Å². The third kappa shape index (κ3) is 6.10. The quantitative estimate of drug-likeness (QED) is 0.215. The van der Waals surface area contributed by atoms with Gasteiger partial charge in [0.15, 0.2) is 11.0 Å². The highest BCUT2D eigenvalue weighted by atomic mass is 32.2. The summed E-state index contributed by atoms with van der Waals surface area (Å²) < 4.78 is 94.5. The number of halogens is 7.